The molecule has 8 unspecified atom stereocenters. The highest BCUT2D eigenvalue weighted by Crippen LogP contribution is 2.34. The molecular weight excluding hydrogens is 692 g/mol. The van der Waals surface area contributed by atoms with Crippen molar-refractivity contribution in [2.75, 3.05) is 0 Å². The van der Waals surface area contributed by atoms with E-state index in [0.29, 0.717) is 12.8 Å². The summed E-state index contributed by atoms with van der Waals surface area (Å²) < 4.78 is 34.3. The number of aliphatic hydroxyl groups excluding tert-OH is 2. The Labute approximate surface area is 315 Å². The smallest absolute Gasteiger partial charge is 0.360 e. The SMILES string of the molecule is C/C=C/C(O)C(C)(C)C1C/C=C\C2OC2/C=C/C=C\c2nc(co2)C(=O)OC(C(C)(C)C(O)/C=C/C)C/C=C\C2OC2/C=C\C=C/c2nc(co2)C(=O)O1. The van der Waals surface area contributed by atoms with Crippen LogP contribution in [0.15, 0.2) is 106 Å². The van der Waals surface area contributed by atoms with Gasteiger partial charge in [0, 0.05) is 35.8 Å². The molecule has 12 nitrogen and oxygen atoms in total. The van der Waals surface area contributed by atoms with E-state index < -0.39 is 47.2 Å². The van der Waals surface area contributed by atoms with Gasteiger partial charge in [0.25, 0.3) is 0 Å². The van der Waals surface area contributed by atoms with E-state index in [2.05, 4.69) is 9.97 Å². The molecule has 2 aromatic heterocycles. The first-order valence-electron chi connectivity index (χ1n) is 18.1. The summed E-state index contributed by atoms with van der Waals surface area (Å²) in [5, 5.41) is 21.8. The van der Waals surface area contributed by atoms with Crippen molar-refractivity contribution in [1.82, 2.24) is 9.97 Å². The van der Waals surface area contributed by atoms with Gasteiger partial charge in [-0.15, -0.1) is 0 Å². The molecule has 288 valence electrons. The minimum absolute atomic E-state index is 0.00877. The quantitative estimate of drug-likeness (QED) is 0.178. The Kier molecular flexibility index (Phi) is 13.4. The Morgan fingerprint density at radius 3 is 1.43 bits per heavy atom. The van der Waals surface area contributed by atoms with Crippen molar-refractivity contribution in [2.45, 2.75) is 103 Å². The third-order valence-electron chi connectivity index (χ3n) is 9.67. The van der Waals surface area contributed by atoms with E-state index in [1.165, 1.54) is 12.5 Å². The van der Waals surface area contributed by atoms with Gasteiger partial charge < -0.3 is 38.0 Å². The third-order valence-corrected chi connectivity index (χ3v) is 9.67. The summed E-state index contributed by atoms with van der Waals surface area (Å²) in [5.74, 6) is -0.902. The lowest BCUT2D eigenvalue weighted by Gasteiger charge is -2.36. The van der Waals surface area contributed by atoms with Crippen LogP contribution in [0.5, 0.6) is 0 Å². The number of ether oxygens (including phenoxy) is 4. The normalized spacial score (nSPS) is 30.5. The van der Waals surface area contributed by atoms with E-state index >= 15 is 0 Å². The molecule has 54 heavy (non-hydrogen) atoms. The number of carbonyl (C=O) groups is 2. The summed E-state index contributed by atoms with van der Waals surface area (Å²) in [7, 11) is 0. The molecular formula is C42H50N2O10. The monoisotopic (exact) mass is 742 g/mol. The van der Waals surface area contributed by atoms with Gasteiger partial charge in [-0.1, -0.05) is 113 Å². The summed E-state index contributed by atoms with van der Waals surface area (Å²) in [4.78, 5) is 35.0. The highest BCUT2D eigenvalue weighted by Gasteiger charge is 2.40. The van der Waals surface area contributed by atoms with Gasteiger partial charge in [-0.2, -0.15) is 0 Å². The van der Waals surface area contributed by atoms with Crippen LogP contribution < -0.4 is 0 Å². The van der Waals surface area contributed by atoms with Crippen molar-refractivity contribution < 1.29 is 47.6 Å². The molecule has 2 N–H and O–H groups in total. The van der Waals surface area contributed by atoms with E-state index in [-0.39, 0.29) is 47.6 Å². The van der Waals surface area contributed by atoms with Gasteiger partial charge >= 0.3 is 11.9 Å². The number of hydrogen-bond donors (Lipinski definition) is 2. The summed E-state index contributed by atoms with van der Waals surface area (Å²) in [6.07, 6.45) is 27.7. The van der Waals surface area contributed by atoms with E-state index in [0.717, 1.165) is 0 Å². The fourth-order valence-corrected chi connectivity index (χ4v) is 5.73. The van der Waals surface area contributed by atoms with Crippen LogP contribution in [-0.4, -0.2) is 81.0 Å². The number of esters is 2. The highest BCUT2D eigenvalue weighted by atomic mass is 16.6. The maximum Gasteiger partial charge on any atom is 0.360 e. The predicted octanol–water partition coefficient (Wildman–Crippen LogP) is 6.92. The van der Waals surface area contributed by atoms with E-state index in [1.807, 2.05) is 78.0 Å². The second-order valence-electron chi connectivity index (χ2n) is 14.5. The molecule has 4 bridgehead atoms. The molecule has 0 saturated carbocycles. The second kappa shape index (κ2) is 18.0. The largest absolute Gasteiger partial charge is 0.457 e. The second-order valence-corrected chi connectivity index (χ2v) is 14.5. The lowest BCUT2D eigenvalue weighted by Crippen LogP contribution is -2.42. The average molecular weight is 743 g/mol. The van der Waals surface area contributed by atoms with Gasteiger partial charge in [0.15, 0.2) is 11.4 Å². The van der Waals surface area contributed by atoms with Crippen molar-refractivity contribution in [3.8, 4) is 0 Å². The number of epoxide rings is 2. The standard InChI is InChI=1S/C42H50N2O10/c1-7-15-33(45)41(3,4)35-21-13-19-31-29(51-31)17-9-12-24-38-44-28(26-50-38)40(48)54-36(42(5,6)34(46)16-8-2)22-14-20-32-30(52-32)18-10-11-23-37-43-27(25-49-37)39(47)53-35/h7-20,23-26,29-36,45-46H,21-22H2,1-6H3/b15-7+,16-8+,17-9-,18-10+,19-13-,20-14-,23-11-,24-12-. The molecule has 3 aliphatic rings. The zero-order chi connectivity index (χ0) is 38.9. The van der Waals surface area contributed by atoms with Crippen LogP contribution in [0, 0.1) is 10.8 Å². The first kappa shape index (κ1) is 40.3. The molecule has 2 aromatic rings. The van der Waals surface area contributed by atoms with Crippen LogP contribution in [0.4, 0.5) is 0 Å². The summed E-state index contributed by atoms with van der Waals surface area (Å²) in [6.45, 7) is 11.0. The number of allylic oxidation sites excluding steroid dienone is 6. The molecule has 0 aliphatic carbocycles. The van der Waals surface area contributed by atoms with Crippen LogP contribution in [0.3, 0.4) is 0 Å². The Morgan fingerprint density at radius 1 is 0.648 bits per heavy atom. The number of aliphatic hydroxyl groups is 2. The fourth-order valence-electron chi connectivity index (χ4n) is 5.73. The lowest BCUT2D eigenvalue weighted by molar-refractivity contribution is -0.0461. The average Bonchev–Trinajstić information content (AvgIpc) is 3.93. The number of carbonyl (C=O) groups excluding carboxylic acids is 2. The van der Waals surface area contributed by atoms with E-state index in [9.17, 15) is 19.8 Å². The maximum absolute atomic E-state index is 13.2. The van der Waals surface area contributed by atoms with Gasteiger partial charge in [0.2, 0.25) is 11.8 Å². The maximum atomic E-state index is 13.2. The molecule has 0 aromatic carbocycles. The molecule has 12 heteroatoms. The van der Waals surface area contributed by atoms with Crippen LogP contribution in [0.1, 0.15) is 87.1 Å². The highest BCUT2D eigenvalue weighted by molar-refractivity contribution is 5.87. The molecule has 8 atom stereocenters. The van der Waals surface area contributed by atoms with Crippen molar-refractivity contribution in [3.05, 3.63) is 121 Å². The first-order chi connectivity index (χ1) is 25.8. The summed E-state index contributed by atoms with van der Waals surface area (Å²) in [6, 6.07) is 0. The Morgan fingerprint density at radius 2 is 1.04 bits per heavy atom. The Bertz CT molecular complexity index is 1700. The zero-order valence-electron chi connectivity index (χ0n) is 31.5. The molecule has 5 rings (SSSR count). The van der Waals surface area contributed by atoms with Crippen molar-refractivity contribution in [1.29, 1.82) is 0 Å². The van der Waals surface area contributed by atoms with Crippen LogP contribution >= 0.6 is 0 Å². The molecule has 0 amide bonds. The summed E-state index contributed by atoms with van der Waals surface area (Å²) >= 11 is 0. The Hall–Kier alpha value is -4.88. The van der Waals surface area contributed by atoms with Gasteiger partial charge in [0.05, 0.1) is 12.2 Å². The minimum Gasteiger partial charge on any atom is -0.457 e. The minimum atomic E-state index is -0.874. The molecule has 2 fully saturated rings. The van der Waals surface area contributed by atoms with Crippen LogP contribution in [0.25, 0.3) is 12.2 Å². The molecule has 5 heterocycles. The van der Waals surface area contributed by atoms with Gasteiger partial charge in [-0.3, -0.25) is 0 Å². The topological polar surface area (TPSA) is 170 Å². The van der Waals surface area contributed by atoms with Crippen molar-refractivity contribution in [3.63, 3.8) is 0 Å². The first-order valence-corrected chi connectivity index (χ1v) is 18.1. The lowest BCUT2D eigenvalue weighted by atomic mass is 9.79. The molecule has 0 spiro atoms. The molecule has 0 radical (unpaired) electrons. The fraction of sp³-hybridized carbons (Fsp3) is 0.429. The number of cyclic esters (lactones) is 2. The molecule has 3 aliphatic heterocycles. The number of aromatic nitrogens is 2. The van der Waals surface area contributed by atoms with Gasteiger partial charge in [-0.05, 0) is 13.8 Å². The predicted molar refractivity (Wildman–Crippen MR) is 202 cm³/mol. The number of rotatable bonds is 6. The number of oxazole rings is 2. The van der Waals surface area contributed by atoms with Crippen molar-refractivity contribution in [2.24, 2.45) is 10.8 Å². The van der Waals surface area contributed by atoms with E-state index in [1.54, 1.807) is 60.8 Å². The summed E-state index contributed by atoms with van der Waals surface area (Å²) in [5.41, 5.74) is -1.65. The van der Waals surface area contributed by atoms with Crippen molar-refractivity contribution >= 4 is 24.1 Å². The van der Waals surface area contributed by atoms with E-state index in [4.69, 9.17) is 27.8 Å². The number of nitrogens with zero attached hydrogens (tertiary/aromatic N) is 2. The molecule has 2 saturated heterocycles. The Balaban J connectivity index is 1.35. The van der Waals surface area contributed by atoms with Crippen LogP contribution in [0.2, 0.25) is 0 Å². The zero-order valence-corrected chi connectivity index (χ0v) is 31.5. The van der Waals surface area contributed by atoms with Gasteiger partial charge in [0.1, 0.15) is 49.2 Å². The van der Waals surface area contributed by atoms with Gasteiger partial charge in [-0.25, -0.2) is 19.6 Å². The number of hydrogen-bond acceptors (Lipinski definition) is 12. The third kappa shape index (κ3) is 10.6. The number of fused-ring (bicyclic) bond motifs is 6. The van der Waals surface area contributed by atoms with Crippen LogP contribution in [-0.2, 0) is 18.9 Å².